The Morgan fingerprint density at radius 2 is 1.74 bits per heavy atom. The summed E-state index contributed by atoms with van der Waals surface area (Å²) in [6.45, 7) is 2.19. The van der Waals surface area contributed by atoms with Crippen molar-refractivity contribution in [1.82, 2.24) is 0 Å². The second-order valence-electron chi connectivity index (χ2n) is 4.65. The fraction of sp³-hybridized carbons (Fsp3) is 0.818. The number of ether oxygens (including phenoxy) is 1. The van der Waals surface area contributed by atoms with Gasteiger partial charge in [0.15, 0.2) is 5.60 Å². The van der Waals surface area contributed by atoms with E-state index in [1.165, 1.54) is 0 Å². The standard InChI is InChI=1S/C11H19F3N2O3/c1-10(2,9(18)11(12,13)14)19-8(17)7(16)5-3-4-6-15/h7H,3-6,15-16H2,1-2H3. The SMILES string of the molecule is CC(C)(OC(=O)C(N)CCCCN)C(=O)C(F)(F)F. The number of hydrogen-bond donors (Lipinski definition) is 2. The zero-order chi connectivity index (χ0) is 15.3. The molecule has 0 bridgehead atoms. The zero-order valence-electron chi connectivity index (χ0n) is 10.9. The third-order valence-corrected chi connectivity index (χ3v) is 2.43. The van der Waals surface area contributed by atoms with Gasteiger partial charge in [-0.1, -0.05) is 6.42 Å². The van der Waals surface area contributed by atoms with Crippen LogP contribution >= 0.6 is 0 Å². The van der Waals surface area contributed by atoms with E-state index < -0.39 is 29.6 Å². The molecule has 1 atom stereocenters. The average Bonchev–Trinajstić information content (AvgIpc) is 2.26. The molecule has 0 aliphatic heterocycles. The van der Waals surface area contributed by atoms with E-state index in [9.17, 15) is 22.8 Å². The van der Waals surface area contributed by atoms with Gasteiger partial charge < -0.3 is 16.2 Å². The molecule has 0 radical (unpaired) electrons. The quantitative estimate of drug-likeness (QED) is 0.535. The van der Waals surface area contributed by atoms with E-state index in [-0.39, 0.29) is 6.42 Å². The van der Waals surface area contributed by atoms with Crippen LogP contribution in [0.5, 0.6) is 0 Å². The van der Waals surface area contributed by atoms with Crippen molar-refractivity contribution in [2.24, 2.45) is 11.5 Å². The van der Waals surface area contributed by atoms with Crippen LogP contribution in [-0.4, -0.2) is 36.1 Å². The number of rotatable bonds is 7. The highest BCUT2D eigenvalue weighted by Gasteiger charge is 2.50. The van der Waals surface area contributed by atoms with Crippen molar-refractivity contribution in [2.75, 3.05) is 6.54 Å². The lowest BCUT2D eigenvalue weighted by molar-refractivity contribution is -0.195. The lowest BCUT2D eigenvalue weighted by atomic mass is 10.0. The molecule has 0 spiro atoms. The molecule has 5 nitrogen and oxygen atoms in total. The van der Waals surface area contributed by atoms with Gasteiger partial charge >= 0.3 is 12.1 Å². The van der Waals surface area contributed by atoms with Crippen LogP contribution in [0.4, 0.5) is 13.2 Å². The normalized spacial score (nSPS) is 14.1. The van der Waals surface area contributed by atoms with Gasteiger partial charge in [-0.05, 0) is 33.2 Å². The summed E-state index contributed by atoms with van der Waals surface area (Å²) in [6, 6.07) is -1.06. The van der Waals surface area contributed by atoms with Crippen molar-refractivity contribution in [3.8, 4) is 0 Å². The summed E-state index contributed by atoms with van der Waals surface area (Å²) in [6.07, 6.45) is -3.62. The highest BCUT2D eigenvalue weighted by atomic mass is 19.4. The molecule has 0 aliphatic rings. The maximum Gasteiger partial charge on any atom is 0.454 e. The summed E-state index contributed by atoms with van der Waals surface area (Å²) in [5.41, 5.74) is 8.44. The molecule has 0 amide bonds. The summed E-state index contributed by atoms with van der Waals surface area (Å²) in [5.74, 6) is -3.15. The highest BCUT2D eigenvalue weighted by Crippen LogP contribution is 2.26. The highest BCUT2D eigenvalue weighted by molar-refractivity contribution is 5.93. The molecular formula is C11H19F3N2O3. The first-order valence-electron chi connectivity index (χ1n) is 5.82. The number of carbonyl (C=O) groups excluding carboxylic acids is 2. The van der Waals surface area contributed by atoms with Crippen molar-refractivity contribution >= 4 is 11.8 Å². The Morgan fingerprint density at radius 3 is 2.16 bits per heavy atom. The molecular weight excluding hydrogens is 265 g/mol. The van der Waals surface area contributed by atoms with E-state index in [0.29, 0.717) is 19.4 Å². The van der Waals surface area contributed by atoms with E-state index in [2.05, 4.69) is 4.74 Å². The Bertz CT molecular complexity index is 330. The Morgan fingerprint density at radius 1 is 1.21 bits per heavy atom. The van der Waals surface area contributed by atoms with Gasteiger partial charge in [-0.2, -0.15) is 13.2 Å². The van der Waals surface area contributed by atoms with Crippen LogP contribution in [0.1, 0.15) is 33.1 Å². The number of halogens is 3. The summed E-state index contributed by atoms with van der Waals surface area (Å²) < 4.78 is 41.3. The van der Waals surface area contributed by atoms with Crippen molar-refractivity contribution in [2.45, 2.75) is 50.9 Å². The summed E-state index contributed by atoms with van der Waals surface area (Å²) >= 11 is 0. The predicted octanol–water partition coefficient (Wildman–Crippen LogP) is 0.896. The third-order valence-electron chi connectivity index (χ3n) is 2.43. The monoisotopic (exact) mass is 284 g/mol. The molecule has 1 unspecified atom stereocenters. The Balaban J connectivity index is 4.49. The molecule has 0 aromatic carbocycles. The van der Waals surface area contributed by atoms with Gasteiger partial charge in [-0.25, -0.2) is 0 Å². The molecule has 4 N–H and O–H groups in total. The minimum atomic E-state index is -5.06. The maximum atomic E-state index is 12.3. The third kappa shape index (κ3) is 6.02. The van der Waals surface area contributed by atoms with Crippen LogP contribution in [0.3, 0.4) is 0 Å². The minimum absolute atomic E-state index is 0.242. The average molecular weight is 284 g/mol. The van der Waals surface area contributed by atoms with Gasteiger partial charge in [0, 0.05) is 0 Å². The van der Waals surface area contributed by atoms with Crippen LogP contribution in [0, 0.1) is 0 Å². The van der Waals surface area contributed by atoms with Gasteiger partial charge in [0.2, 0.25) is 0 Å². The first kappa shape index (κ1) is 17.8. The topological polar surface area (TPSA) is 95.4 Å². The van der Waals surface area contributed by atoms with E-state index >= 15 is 0 Å². The predicted molar refractivity (Wildman–Crippen MR) is 62.1 cm³/mol. The first-order chi connectivity index (χ1) is 8.52. The maximum absolute atomic E-state index is 12.3. The van der Waals surface area contributed by atoms with Crippen LogP contribution in [0.15, 0.2) is 0 Å². The van der Waals surface area contributed by atoms with Gasteiger partial charge in [0.25, 0.3) is 5.78 Å². The number of unbranched alkanes of at least 4 members (excludes halogenated alkanes) is 1. The summed E-state index contributed by atoms with van der Waals surface area (Å²) in [5, 5.41) is 0. The van der Waals surface area contributed by atoms with Crippen LogP contribution in [0.25, 0.3) is 0 Å². The molecule has 8 heteroatoms. The van der Waals surface area contributed by atoms with E-state index in [0.717, 1.165) is 13.8 Å². The minimum Gasteiger partial charge on any atom is -0.450 e. The second-order valence-corrected chi connectivity index (χ2v) is 4.65. The second kappa shape index (κ2) is 6.85. The summed E-state index contributed by atoms with van der Waals surface area (Å²) in [4.78, 5) is 22.5. The number of hydrogen-bond acceptors (Lipinski definition) is 5. The lowest BCUT2D eigenvalue weighted by Crippen LogP contribution is -2.48. The van der Waals surface area contributed by atoms with Crippen LogP contribution in [0.2, 0.25) is 0 Å². The molecule has 0 aromatic rings. The van der Waals surface area contributed by atoms with Gasteiger partial charge in [-0.15, -0.1) is 0 Å². The number of alkyl halides is 3. The van der Waals surface area contributed by atoms with Crippen molar-refractivity contribution in [1.29, 1.82) is 0 Å². The number of ketones is 1. The fourth-order valence-corrected chi connectivity index (χ4v) is 1.34. The Hall–Kier alpha value is -1.15. The first-order valence-corrected chi connectivity index (χ1v) is 5.82. The number of carbonyl (C=O) groups is 2. The number of Topliss-reactive ketones (excluding diaryl/α,β-unsaturated/α-hetero) is 1. The van der Waals surface area contributed by atoms with E-state index in [4.69, 9.17) is 11.5 Å². The fourth-order valence-electron chi connectivity index (χ4n) is 1.34. The van der Waals surface area contributed by atoms with Gasteiger partial charge in [0.1, 0.15) is 6.04 Å². The van der Waals surface area contributed by atoms with Gasteiger partial charge in [-0.3, -0.25) is 9.59 Å². The Labute approximate surface area is 109 Å². The van der Waals surface area contributed by atoms with Crippen LogP contribution < -0.4 is 11.5 Å². The zero-order valence-corrected chi connectivity index (χ0v) is 10.9. The molecule has 0 rings (SSSR count). The largest absolute Gasteiger partial charge is 0.454 e. The lowest BCUT2D eigenvalue weighted by Gasteiger charge is -2.26. The molecule has 112 valence electrons. The number of esters is 1. The van der Waals surface area contributed by atoms with Crippen molar-refractivity contribution < 1.29 is 27.5 Å². The molecule has 19 heavy (non-hydrogen) atoms. The summed E-state index contributed by atoms with van der Waals surface area (Å²) in [7, 11) is 0. The molecule has 0 fully saturated rings. The van der Waals surface area contributed by atoms with Crippen molar-refractivity contribution in [3.63, 3.8) is 0 Å². The van der Waals surface area contributed by atoms with E-state index in [1.807, 2.05) is 0 Å². The molecule has 0 saturated carbocycles. The van der Waals surface area contributed by atoms with Gasteiger partial charge in [0.05, 0.1) is 0 Å². The molecule has 0 heterocycles. The van der Waals surface area contributed by atoms with Crippen LogP contribution in [-0.2, 0) is 14.3 Å². The molecule has 0 aliphatic carbocycles. The van der Waals surface area contributed by atoms with Crippen molar-refractivity contribution in [3.05, 3.63) is 0 Å². The molecule has 0 saturated heterocycles. The Kier molecular flexibility index (Phi) is 6.44. The molecule has 0 aromatic heterocycles. The smallest absolute Gasteiger partial charge is 0.450 e. The number of nitrogens with two attached hydrogens (primary N) is 2. The van der Waals surface area contributed by atoms with E-state index in [1.54, 1.807) is 0 Å².